The van der Waals surface area contributed by atoms with Crippen molar-refractivity contribution < 1.29 is 32.7 Å². The van der Waals surface area contributed by atoms with E-state index in [0.717, 1.165) is 4.31 Å². The zero-order chi connectivity index (χ0) is 28.7. The fraction of sp³-hybridized carbons (Fsp3) is 0.250. The molecule has 2 amide bonds. The number of rotatable bonds is 9. The van der Waals surface area contributed by atoms with Gasteiger partial charge in [-0.25, -0.2) is 13.9 Å². The number of sulfonamides is 1. The number of benzene rings is 2. The molecule has 2 aromatic carbocycles. The lowest BCUT2D eigenvalue weighted by molar-refractivity contribution is -0.129. The molecule has 0 bridgehead atoms. The van der Waals surface area contributed by atoms with Crippen molar-refractivity contribution in [1.29, 1.82) is 0 Å². The third-order valence-electron chi connectivity index (χ3n) is 6.36. The summed E-state index contributed by atoms with van der Waals surface area (Å²) in [5, 5.41) is 9.55. The van der Waals surface area contributed by atoms with Crippen LogP contribution in [0.5, 0.6) is 5.75 Å². The number of morpholine rings is 1. The second-order valence-corrected chi connectivity index (χ2v) is 10.9. The second kappa shape index (κ2) is 12.7. The van der Waals surface area contributed by atoms with E-state index in [1.807, 2.05) is 0 Å². The van der Waals surface area contributed by atoms with Gasteiger partial charge < -0.3 is 14.4 Å². The van der Waals surface area contributed by atoms with Crippen molar-refractivity contribution in [3.05, 3.63) is 89.3 Å². The number of carbonyl (C=O) groups excluding carboxylic acids is 2. The van der Waals surface area contributed by atoms with Crippen LogP contribution in [0.25, 0.3) is 6.08 Å². The molecule has 2 N–H and O–H groups in total. The summed E-state index contributed by atoms with van der Waals surface area (Å²) in [5.74, 6) is -0.635. The van der Waals surface area contributed by atoms with E-state index >= 15 is 0 Å². The summed E-state index contributed by atoms with van der Waals surface area (Å²) in [7, 11) is -2.74. The maximum Gasteiger partial charge on any atom is 0.276 e. The summed E-state index contributed by atoms with van der Waals surface area (Å²) in [6, 6.07) is 12.4. The molecule has 0 atom stereocenters. The lowest BCUT2D eigenvalue weighted by atomic mass is 10.0. The standard InChI is InChI=1S/C28H30N4O7S/c1-20-16-21(5-10-26(33)31-12-14-39-15-13-31)17-25(28(34)30-35)27(20)32(19-22-4-3-11-29-18-22)40(36,37)24-8-6-23(38-2)7-9-24/h3-11,16-18,35H,12-15,19H2,1-2H3,(H,30,34)/b10-5+. The normalized spacial score (nSPS) is 13.7. The highest BCUT2D eigenvalue weighted by Crippen LogP contribution is 2.34. The molecule has 0 unspecified atom stereocenters. The number of pyridine rings is 1. The lowest BCUT2D eigenvalue weighted by Gasteiger charge is -2.28. The van der Waals surface area contributed by atoms with Crippen LogP contribution in [0.3, 0.4) is 0 Å². The molecule has 2 heterocycles. The molecule has 11 nitrogen and oxygen atoms in total. The van der Waals surface area contributed by atoms with Gasteiger partial charge in [-0.3, -0.25) is 24.1 Å². The average Bonchev–Trinajstić information content (AvgIpc) is 2.99. The minimum atomic E-state index is -4.22. The van der Waals surface area contributed by atoms with Gasteiger partial charge in [0.1, 0.15) is 5.75 Å². The summed E-state index contributed by atoms with van der Waals surface area (Å²) in [6.07, 6.45) is 6.04. The Balaban J connectivity index is 1.81. The minimum Gasteiger partial charge on any atom is -0.497 e. The second-order valence-electron chi connectivity index (χ2n) is 8.99. The monoisotopic (exact) mass is 566 g/mol. The van der Waals surface area contributed by atoms with Crippen molar-refractivity contribution in [3.63, 3.8) is 0 Å². The van der Waals surface area contributed by atoms with E-state index in [0.29, 0.717) is 48.7 Å². The van der Waals surface area contributed by atoms with Crippen molar-refractivity contribution in [3.8, 4) is 5.75 Å². The number of hydroxylamine groups is 1. The minimum absolute atomic E-state index is 0.0213. The van der Waals surface area contributed by atoms with E-state index in [2.05, 4.69) is 4.98 Å². The van der Waals surface area contributed by atoms with Crippen molar-refractivity contribution in [2.24, 2.45) is 0 Å². The van der Waals surface area contributed by atoms with Crippen molar-refractivity contribution in [2.75, 3.05) is 37.7 Å². The topological polar surface area (TPSA) is 138 Å². The Morgan fingerprint density at radius 1 is 1.18 bits per heavy atom. The Bertz CT molecular complexity index is 1490. The first-order valence-corrected chi connectivity index (χ1v) is 13.9. The number of aryl methyl sites for hydroxylation is 1. The predicted molar refractivity (Wildman–Crippen MR) is 147 cm³/mol. The number of hydrogen-bond donors (Lipinski definition) is 2. The van der Waals surface area contributed by atoms with Crippen LogP contribution >= 0.6 is 0 Å². The Hall–Kier alpha value is -4.26. The van der Waals surface area contributed by atoms with Gasteiger partial charge in [0.25, 0.3) is 15.9 Å². The number of anilines is 1. The van der Waals surface area contributed by atoms with Crippen molar-refractivity contribution in [2.45, 2.75) is 18.4 Å². The van der Waals surface area contributed by atoms with Crippen LogP contribution in [0, 0.1) is 6.92 Å². The number of amides is 2. The van der Waals surface area contributed by atoms with Crippen molar-refractivity contribution in [1.82, 2.24) is 15.4 Å². The molecule has 1 aromatic heterocycles. The summed E-state index contributed by atoms with van der Waals surface area (Å²) in [4.78, 5) is 31.2. The molecular weight excluding hydrogens is 536 g/mol. The van der Waals surface area contributed by atoms with Crippen molar-refractivity contribution >= 4 is 33.6 Å². The Labute approximate surface area is 232 Å². The molecule has 1 saturated heterocycles. The van der Waals surface area contributed by atoms with E-state index in [1.54, 1.807) is 47.8 Å². The van der Waals surface area contributed by atoms with Gasteiger partial charge in [-0.1, -0.05) is 6.07 Å². The molecule has 1 aliphatic rings. The SMILES string of the molecule is COc1ccc(S(=O)(=O)N(Cc2cccnc2)c2c(C)cc(/C=C/C(=O)N3CCOCC3)cc2C(=O)NO)cc1. The van der Waals surface area contributed by atoms with Crippen LogP contribution in [0.15, 0.2) is 71.9 Å². The van der Waals surface area contributed by atoms with E-state index in [4.69, 9.17) is 9.47 Å². The lowest BCUT2D eigenvalue weighted by Crippen LogP contribution is -2.39. The third kappa shape index (κ3) is 6.47. The van der Waals surface area contributed by atoms with Crippen LogP contribution in [0.4, 0.5) is 5.69 Å². The molecule has 1 fully saturated rings. The molecule has 0 radical (unpaired) electrons. The van der Waals surface area contributed by atoms with E-state index in [9.17, 15) is 23.2 Å². The smallest absolute Gasteiger partial charge is 0.276 e. The average molecular weight is 567 g/mol. The molecule has 0 aliphatic carbocycles. The predicted octanol–water partition coefficient (Wildman–Crippen LogP) is 2.79. The largest absolute Gasteiger partial charge is 0.497 e. The first kappa shape index (κ1) is 28.7. The Morgan fingerprint density at radius 2 is 1.90 bits per heavy atom. The van der Waals surface area contributed by atoms with Gasteiger partial charge in [0.15, 0.2) is 0 Å². The number of aromatic nitrogens is 1. The quantitative estimate of drug-likeness (QED) is 0.229. The highest BCUT2D eigenvalue weighted by molar-refractivity contribution is 7.92. The first-order chi connectivity index (χ1) is 19.2. The number of nitrogens with one attached hydrogen (secondary N) is 1. The maximum absolute atomic E-state index is 14.0. The zero-order valence-corrected chi connectivity index (χ0v) is 22.9. The Kier molecular flexibility index (Phi) is 9.15. The number of ether oxygens (including phenoxy) is 2. The highest BCUT2D eigenvalue weighted by atomic mass is 32.2. The molecule has 0 saturated carbocycles. The fourth-order valence-electron chi connectivity index (χ4n) is 4.34. The molecule has 4 rings (SSSR count). The van der Waals surface area contributed by atoms with Gasteiger partial charge in [-0.05, 0) is 72.2 Å². The fourth-order valence-corrected chi connectivity index (χ4v) is 5.88. The van der Waals surface area contributed by atoms with Gasteiger partial charge >= 0.3 is 0 Å². The first-order valence-electron chi connectivity index (χ1n) is 12.4. The number of hydrogen-bond acceptors (Lipinski definition) is 8. The van der Waals surface area contributed by atoms with Crippen LogP contribution in [-0.2, 0) is 26.1 Å². The molecular formula is C28H30N4O7S. The third-order valence-corrected chi connectivity index (χ3v) is 8.12. The number of nitrogens with zero attached hydrogens (tertiary/aromatic N) is 3. The molecule has 210 valence electrons. The van der Waals surface area contributed by atoms with Crippen LogP contribution in [-0.4, -0.2) is 68.7 Å². The van der Waals surface area contributed by atoms with Crippen LogP contribution in [0.2, 0.25) is 0 Å². The van der Waals surface area contributed by atoms with Crippen LogP contribution in [0.1, 0.15) is 27.0 Å². The molecule has 0 spiro atoms. The van der Waals surface area contributed by atoms with Gasteiger partial charge in [-0.15, -0.1) is 0 Å². The highest BCUT2D eigenvalue weighted by Gasteiger charge is 2.31. The number of methoxy groups -OCH3 is 1. The summed E-state index contributed by atoms with van der Waals surface area (Å²) in [5.41, 5.74) is 3.08. The summed E-state index contributed by atoms with van der Waals surface area (Å²) in [6.45, 7) is 3.40. The molecule has 12 heteroatoms. The molecule has 3 aromatic rings. The van der Waals surface area contributed by atoms with Gasteiger partial charge in [0, 0.05) is 31.6 Å². The molecule has 1 aliphatic heterocycles. The van der Waals surface area contributed by atoms with Gasteiger partial charge in [0.05, 0.1) is 43.0 Å². The number of carbonyl (C=O) groups is 2. The Morgan fingerprint density at radius 3 is 2.52 bits per heavy atom. The van der Waals surface area contributed by atoms with Gasteiger partial charge in [0.2, 0.25) is 5.91 Å². The molecule has 40 heavy (non-hydrogen) atoms. The van der Waals surface area contributed by atoms with E-state index < -0.39 is 15.9 Å². The zero-order valence-electron chi connectivity index (χ0n) is 22.1. The summed E-state index contributed by atoms with van der Waals surface area (Å²) < 4.78 is 39.6. The maximum atomic E-state index is 14.0. The van der Waals surface area contributed by atoms with E-state index in [1.165, 1.54) is 49.7 Å². The van der Waals surface area contributed by atoms with Gasteiger partial charge in [-0.2, -0.15) is 0 Å². The van der Waals surface area contributed by atoms with E-state index in [-0.39, 0.29) is 28.6 Å². The van der Waals surface area contributed by atoms with Crippen LogP contribution < -0.4 is 14.5 Å². The summed E-state index contributed by atoms with van der Waals surface area (Å²) >= 11 is 0.